The molecule has 2 aliphatic rings. The maximum atomic E-state index is 11.8. The third-order valence-corrected chi connectivity index (χ3v) is 3.90. The number of nitrogens with zero attached hydrogens (tertiary/aromatic N) is 1. The Morgan fingerprint density at radius 3 is 2.69 bits per heavy atom. The highest BCUT2D eigenvalue weighted by atomic mass is 16.5. The first-order chi connectivity index (χ1) is 7.77. The Morgan fingerprint density at radius 1 is 1.19 bits per heavy atom. The van der Waals surface area contributed by atoms with Crippen LogP contribution in [0.1, 0.15) is 30.9 Å². The third-order valence-electron chi connectivity index (χ3n) is 3.90. The molecule has 1 saturated carbocycles. The van der Waals surface area contributed by atoms with Gasteiger partial charge in [0.2, 0.25) is 5.91 Å². The van der Waals surface area contributed by atoms with E-state index in [4.69, 9.17) is 0 Å². The summed E-state index contributed by atoms with van der Waals surface area (Å²) in [5, 5.41) is 10.9. The molecule has 1 aliphatic heterocycles. The molecule has 3 atom stereocenters. The lowest BCUT2D eigenvalue weighted by atomic mass is 9.87. The summed E-state index contributed by atoms with van der Waals surface area (Å²) in [6.45, 7) is 0. The molecule has 3 heteroatoms. The van der Waals surface area contributed by atoms with Crippen LogP contribution >= 0.6 is 0 Å². The monoisotopic (exact) mass is 217 g/mol. The van der Waals surface area contributed by atoms with E-state index in [-0.39, 0.29) is 17.9 Å². The molecule has 1 aliphatic carbocycles. The van der Waals surface area contributed by atoms with Gasteiger partial charge in [-0.05, 0) is 30.7 Å². The lowest BCUT2D eigenvalue weighted by Gasteiger charge is -2.35. The maximum absolute atomic E-state index is 11.8. The van der Waals surface area contributed by atoms with E-state index in [1.54, 1.807) is 0 Å². The summed E-state index contributed by atoms with van der Waals surface area (Å²) in [4.78, 5) is 11.8. The molecule has 0 radical (unpaired) electrons. The Morgan fingerprint density at radius 2 is 1.94 bits per heavy atom. The maximum Gasteiger partial charge on any atom is 0.249 e. The van der Waals surface area contributed by atoms with Crippen molar-refractivity contribution in [2.45, 2.75) is 25.3 Å². The molecule has 0 spiro atoms. The van der Waals surface area contributed by atoms with Crippen LogP contribution < -0.4 is 0 Å². The fraction of sp³-hybridized carbons (Fsp3) is 0.462. The first kappa shape index (κ1) is 9.85. The number of hydrogen-bond acceptors (Lipinski definition) is 2. The third kappa shape index (κ3) is 1.35. The van der Waals surface area contributed by atoms with E-state index in [9.17, 15) is 10.0 Å². The van der Waals surface area contributed by atoms with Crippen LogP contribution in [0.25, 0.3) is 0 Å². The van der Waals surface area contributed by atoms with Gasteiger partial charge < -0.3 is 0 Å². The van der Waals surface area contributed by atoms with Crippen molar-refractivity contribution in [2.75, 3.05) is 0 Å². The number of piperidine rings is 1. The normalized spacial score (nSPS) is 33.2. The number of carbonyl (C=O) groups is 1. The van der Waals surface area contributed by atoms with Gasteiger partial charge >= 0.3 is 0 Å². The van der Waals surface area contributed by atoms with E-state index in [1.807, 2.05) is 30.3 Å². The second-order valence-corrected chi connectivity index (χ2v) is 4.81. The largest absolute Gasteiger partial charge is 0.285 e. The Labute approximate surface area is 94.6 Å². The molecule has 3 unspecified atom stereocenters. The number of carbonyl (C=O) groups excluding carboxylic acids is 1. The second kappa shape index (κ2) is 3.59. The summed E-state index contributed by atoms with van der Waals surface area (Å²) in [7, 11) is 0. The van der Waals surface area contributed by atoms with Crippen molar-refractivity contribution in [1.29, 1.82) is 0 Å². The van der Waals surface area contributed by atoms with Crippen molar-refractivity contribution >= 4 is 5.91 Å². The van der Waals surface area contributed by atoms with Gasteiger partial charge in [0, 0.05) is 5.92 Å². The summed E-state index contributed by atoms with van der Waals surface area (Å²) in [6.07, 6.45) is 2.92. The Balaban J connectivity index is 1.97. The molecule has 3 rings (SSSR count). The minimum Gasteiger partial charge on any atom is -0.285 e. The highest BCUT2D eigenvalue weighted by Crippen LogP contribution is 2.47. The van der Waals surface area contributed by atoms with E-state index in [0.717, 1.165) is 29.9 Å². The summed E-state index contributed by atoms with van der Waals surface area (Å²) >= 11 is 0. The van der Waals surface area contributed by atoms with Crippen LogP contribution in [0.15, 0.2) is 30.3 Å². The molecule has 1 aromatic rings. The molecule has 16 heavy (non-hydrogen) atoms. The summed E-state index contributed by atoms with van der Waals surface area (Å²) < 4.78 is 0. The number of benzene rings is 1. The van der Waals surface area contributed by atoms with Gasteiger partial charge in [-0.15, -0.1) is 0 Å². The summed E-state index contributed by atoms with van der Waals surface area (Å²) in [6, 6.07) is 9.70. The molecular weight excluding hydrogens is 202 g/mol. The van der Waals surface area contributed by atoms with Crippen LogP contribution in [-0.2, 0) is 4.79 Å². The minimum atomic E-state index is -0.132. The summed E-state index contributed by atoms with van der Waals surface area (Å²) in [5.41, 5.74) is 1.05. The molecular formula is C13H15NO2. The van der Waals surface area contributed by atoms with Crippen molar-refractivity contribution in [2.24, 2.45) is 11.8 Å². The van der Waals surface area contributed by atoms with Crippen molar-refractivity contribution in [3.8, 4) is 0 Å². The predicted octanol–water partition coefficient (Wildman–Crippen LogP) is 2.38. The fourth-order valence-electron chi connectivity index (χ4n) is 3.11. The van der Waals surface area contributed by atoms with Gasteiger partial charge in [-0.25, -0.2) is 5.06 Å². The standard InChI is InChI=1S/C13H15NO2/c15-13-11-7-6-10(8-11)12(14(13)16)9-4-2-1-3-5-9/h1-5,10-12,16H,6-8H2. The average molecular weight is 217 g/mol. The second-order valence-electron chi connectivity index (χ2n) is 4.81. The molecule has 3 nitrogen and oxygen atoms in total. The van der Waals surface area contributed by atoms with E-state index >= 15 is 0 Å². The summed E-state index contributed by atoms with van der Waals surface area (Å²) in [5.74, 6) is 0.396. The van der Waals surface area contributed by atoms with Gasteiger partial charge in [0.25, 0.3) is 0 Å². The van der Waals surface area contributed by atoms with Gasteiger partial charge in [-0.3, -0.25) is 10.0 Å². The number of hydroxylamine groups is 2. The van der Waals surface area contributed by atoms with Gasteiger partial charge in [0.1, 0.15) is 0 Å². The highest BCUT2D eigenvalue weighted by Gasteiger charge is 2.46. The van der Waals surface area contributed by atoms with E-state index in [1.165, 1.54) is 0 Å². The Kier molecular flexibility index (Phi) is 2.21. The van der Waals surface area contributed by atoms with Crippen molar-refractivity contribution in [1.82, 2.24) is 5.06 Å². The van der Waals surface area contributed by atoms with E-state index in [2.05, 4.69) is 0 Å². The van der Waals surface area contributed by atoms with Crippen LogP contribution in [0, 0.1) is 11.8 Å². The zero-order valence-corrected chi connectivity index (χ0v) is 9.04. The van der Waals surface area contributed by atoms with E-state index in [0.29, 0.717) is 5.92 Å². The first-order valence-electron chi connectivity index (χ1n) is 5.84. The number of amides is 1. The van der Waals surface area contributed by atoms with Crippen LogP contribution in [0.2, 0.25) is 0 Å². The van der Waals surface area contributed by atoms with Crippen LogP contribution in [0.5, 0.6) is 0 Å². The molecule has 1 heterocycles. The molecule has 1 amide bonds. The quantitative estimate of drug-likeness (QED) is 0.734. The zero-order valence-electron chi connectivity index (χ0n) is 9.04. The molecule has 84 valence electrons. The van der Waals surface area contributed by atoms with Gasteiger partial charge in [-0.2, -0.15) is 0 Å². The average Bonchev–Trinajstić information content (AvgIpc) is 2.74. The number of rotatable bonds is 1. The Hall–Kier alpha value is -1.35. The van der Waals surface area contributed by atoms with Crippen LogP contribution in [0.4, 0.5) is 0 Å². The van der Waals surface area contributed by atoms with Gasteiger partial charge in [0.15, 0.2) is 0 Å². The molecule has 2 bridgehead atoms. The van der Waals surface area contributed by atoms with Gasteiger partial charge in [0.05, 0.1) is 6.04 Å². The molecule has 1 aromatic carbocycles. The number of fused-ring (bicyclic) bond motifs is 2. The first-order valence-corrected chi connectivity index (χ1v) is 5.84. The van der Waals surface area contributed by atoms with Crippen molar-refractivity contribution < 1.29 is 10.0 Å². The number of hydrogen-bond donors (Lipinski definition) is 1. The molecule has 2 fully saturated rings. The van der Waals surface area contributed by atoms with Crippen molar-refractivity contribution in [3.05, 3.63) is 35.9 Å². The van der Waals surface area contributed by atoms with Crippen LogP contribution in [-0.4, -0.2) is 16.2 Å². The fourth-order valence-corrected chi connectivity index (χ4v) is 3.11. The van der Waals surface area contributed by atoms with E-state index < -0.39 is 0 Å². The highest BCUT2D eigenvalue weighted by molar-refractivity contribution is 5.79. The Bertz CT molecular complexity index is 404. The smallest absolute Gasteiger partial charge is 0.249 e. The SMILES string of the molecule is O=C1C2CCC(C2)C(c2ccccc2)N1O. The lowest BCUT2D eigenvalue weighted by molar-refractivity contribution is -0.192. The molecule has 1 saturated heterocycles. The van der Waals surface area contributed by atoms with Gasteiger partial charge in [-0.1, -0.05) is 30.3 Å². The minimum absolute atomic E-state index is 0.0648. The molecule has 1 N–H and O–H groups in total. The lowest BCUT2D eigenvalue weighted by Crippen LogP contribution is -2.41. The predicted molar refractivity (Wildman–Crippen MR) is 58.6 cm³/mol. The zero-order chi connectivity index (χ0) is 11.1. The topological polar surface area (TPSA) is 40.5 Å². The van der Waals surface area contributed by atoms with Crippen LogP contribution in [0.3, 0.4) is 0 Å². The molecule has 0 aromatic heterocycles. The van der Waals surface area contributed by atoms with Crippen molar-refractivity contribution in [3.63, 3.8) is 0 Å².